The molecule has 0 saturated heterocycles. The lowest BCUT2D eigenvalue weighted by atomic mass is 10.2. The molecule has 1 aromatic carbocycles. The molecule has 0 aliphatic rings. The molecule has 0 aliphatic carbocycles. The van der Waals surface area contributed by atoms with E-state index < -0.39 is 0 Å². The molecule has 0 fully saturated rings. The van der Waals surface area contributed by atoms with Gasteiger partial charge >= 0.3 is 0 Å². The van der Waals surface area contributed by atoms with E-state index in [0.29, 0.717) is 0 Å². The van der Waals surface area contributed by atoms with E-state index in [-0.39, 0.29) is 0 Å². The third-order valence-corrected chi connectivity index (χ3v) is 1.77. The number of ether oxygens (including phenoxy) is 1. The Labute approximate surface area is 83.2 Å². The van der Waals surface area contributed by atoms with Crippen molar-refractivity contribution >= 4 is 0 Å². The van der Waals surface area contributed by atoms with Gasteiger partial charge in [-0.2, -0.15) is 0 Å². The second-order valence-electron chi connectivity index (χ2n) is 2.84. The van der Waals surface area contributed by atoms with Gasteiger partial charge in [-0.05, 0) is 17.7 Å². The fraction of sp³-hybridized carbons (Fsp3) is 0. The summed E-state index contributed by atoms with van der Waals surface area (Å²) in [5.41, 5.74) is 1.04. The van der Waals surface area contributed by atoms with Crippen molar-refractivity contribution in [2.75, 3.05) is 0 Å². The second-order valence-corrected chi connectivity index (χ2v) is 2.84. The molecule has 2 nitrogen and oxygen atoms in total. The Kier molecular flexibility index (Phi) is 2.76. The molecule has 0 unspecified atom stereocenters. The Hall–Kier alpha value is -1.83. The molecular weight excluding hydrogens is 174 g/mol. The molecular formula is C12H10NO. The highest BCUT2D eigenvalue weighted by atomic mass is 16.5. The van der Waals surface area contributed by atoms with Crippen LogP contribution in [0.25, 0.3) is 0 Å². The highest BCUT2D eigenvalue weighted by molar-refractivity contribution is 5.23. The van der Waals surface area contributed by atoms with Crippen LogP contribution in [0, 0.1) is 6.61 Å². The number of benzene rings is 1. The topological polar surface area (TPSA) is 22.1 Å². The van der Waals surface area contributed by atoms with Gasteiger partial charge in [0.1, 0.15) is 5.75 Å². The van der Waals surface area contributed by atoms with E-state index in [1.54, 1.807) is 19.0 Å². The highest BCUT2D eigenvalue weighted by Crippen LogP contribution is 2.10. The number of hydrogen-bond donors (Lipinski definition) is 0. The van der Waals surface area contributed by atoms with Gasteiger partial charge in [0, 0.05) is 6.20 Å². The summed E-state index contributed by atoms with van der Waals surface area (Å²) in [4.78, 5) is 3.95. The first-order valence-corrected chi connectivity index (χ1v) is 4.40. The summed E-state index contributed by atoms with van der Waals surface area (Å²) in [6.07, 6.45) is 3.40. The van der Waals surface area contributed by atoms with E-state index in [4.69, 9.17) is 4.74 Å². The smallest absolute Gasteiger partial charge is 0.165 e. The Morgan fingerprint density at radius 2 is 1.86 bits per heavy atom. The van der Waals surface area contributed by atoms with Crippen LogP contribution in [-0.2, 0) is 0 Å². The van der Waals surface area contributed by atoms with E-state index in [2.05, 4.69) is 4.98 Å². The summed E-state index contributed by atoms with van der Waals surface area (Å²) in [6.45, 7) is 1.71. The lowest BCUT2D eigenvalue weighted by Gasteiger charge is -2.03. The molecule has 0 bridgehead atoms. The van der Waals surface area contributed by atoms with Gasteiger partial charge in [0.2, 0.25) is 0 Å². The van der Waals surface area contributed by atoms with Gasteiger partial charge in [-0.25, -0.2) is 0 Å². The molecule has 2 heteroatoms. The number of nitrogens with zero attached hydrogens (tertiary/aromatic N) is 1. The van der Waals surface area contributed by atoms with Gasteiger partial charge in [0.05, 0.1) is 6.20 Å². The monoisotopic (exact) mass is 184 g/mol. The predicted octanol–water partition coefficient (Wildman–Crippen LogP) is 2.67. The van der Waals surface area contributed by atoms with Crippen LogP contribution in [-0.4, -0.2) is 4.98 Å². The molecule has 2 aromatic rings. The molecule has 1 radical (unpaired) electrons. The molecule has 2 rings (SSSR count). The maximum atomic E-state index is 5.40. The van der Waals surface area contributed by atoms with Crippen molar-refractivity contribution in [1.29, 1.82) is 0 Å². The summed E-state index contributed by atoms with van der Waals surface area (Å²) >= 11 is 0. The Bertz CT molecular complexity index is 333. The molecule has 0 aliphatic heterocycles. The van der Waals surface area contributed by atoms with Gasteiger partial charge in [0.25, 0.3) is 0 Å². The highest BCUT2D eigenvalue weighted by Gasteiger charge is 1.94. The quantitative estimate of drug-likeness (QED) is 0.731. The standard InChI is InChI=1S/C12H10NO/c1-2-5-11(6-3-1)10-14-12-7-4-8-13-9-12/h1-10H. The zero-order chi connectivity index (χ0) is 9.64. The number of rotatable bonds is 3. The second kappa shape index (κ2) is 4.42. The molecule has 0 N–H and O–H groups in total. The Balaban J connectivity index is 1.96. The molecule has 0 spiro atoms. The fourth-order valence-corrected chi connectivity index (χ4v) is 1.08. The molecule has 0 atom stereocenters. The largest absolute Gasteiger partial charge is 0.480 e. The number of aromatic nitrogens is 1. The first kappa shape index (κ1) is 8.75. The average molecular weight is 184 g/mol. The van der Waals surface area contributed by atoms with Crippen LogP contribution in [0.5, 0.6) is 5.75 Å². The number of hydrogen-bond acceptors (Lipinski definition) is 2. The minimum absolute atomic E-state index is 0.747. The minimum Gasteiger partial charge on any atom is -0.480 e. The van der Waals surface area contributed by atoms with Crippen LogP contribution < -0.4 is 4.74 Å². The summed E-state index contributed by atoms with van der Waals surface area (Å²) < 4.78 is 5.40. The maximum absolute atomic E-state index is 5.40. The van der Waals surface area contributed by atoms with E-state index in [1.165, 1.54) is 0 Å². The lowest BCUT2D eigenvalue weighted by Crippen LogP contribution is -1.91. The van der Waals surface area contributed by atoms with Crippen molar-refractivity contribution in [1.82, 2.24) is 4.98 Å². The molecule has 0 saturated carbocycles. The third-order valence-electron chi connectivity index (χ3n) is 1.77. The van der Waals surface area contributed by atoms with Crippen LogP contribution in [0.3, 0.4) is 0 Å². The van der Waals surface area contributed by atoms with E-state index in [0.717, 1.165) is 11.3 Å². The van der Waals surface area contributed by atoms with Crippen LogP contribution in [0.15, 0.2) is 54.9 Å². The van der Waals surface area contributed by atoms with Gasteiger partial charge in [-0.1, -0.05) is 30.3 Å². The van der Waals surface area contributed by atoms with Crippen molar-refractivity contribution in [2.24, 2.45) is 0 Å². The van der Waals surface area contributed by atoms with Crippen LogP contribution in [0.1, 0.15) is 5.56 Å². The van der Waals surface area contributed by atoms with Gasteiger partial charge in [-0.15, -0.1) is 0 Å². The molecule has 69 valence electrons. The molecule has 0 amide bonds. The maximum Gasteiger partial charge on any atom is 0.165 e. The van der Waals surface area contributed by atoms with Crippen molar-refractivity contribution < 1.29 is 4.74 Å². The lowest BCUT2D eigenvalue weighted by molar-refractivity contribution is 0.426. The van der Waals surface area contributed by atoms with Crippen molar-refractivity contribution in [3.8, 4) is 5.75 Å². The van der Waals surface area contributed by atoms with Crippen molar-refractivity contribution in [3.05, 3.63) is 67.0 Å². The summed E-state index contributed by atoms with van der Waals surface area (Å²) in [6, 6.07) is 13.6. The van der Waals surface area contributed by atoms with Crippen LogP contribution in [0.2, 0.25) is 0 Å². The van der Waals surface area contributed by atoms with Gasteiger partial charge in [-0.3, -0.25) is 4.98 Å². The summed E-state index contributed by atoms with van der Waals surface area (Å²) in [7, 11) is 0. The minimum atomic E-state index is 0.747. The normalized spacial score (nSPS) is 9.71. The zero-order valence-corrected chi connectivity index (χ0v) is 7.63. The van der Waals surface area contributed by atoms with Gasteiger partial charge < -0.3 is 4.74 Å². The SMILES string of the molecule is [CH](Oc1cccnc1)c1ccccc1. The summed E-state index contributed by atoms with van der Waals surface area (Å²) in [5.74, 6) is 0.747. The van der Waals surface area contributed by atoms with Crippen LogP contribution in [0.4, 0.5) is 0 Å². The predicted molar refractivity (Wildman–Crippen MR) is 54.7 cm³/mol. The number of pyridine rings is 1. The van der Waals surface area contributed by atoms with Gasteiger partial charge in [0.15, 0.2) is 6.61 Å². The Morgan fingerprint density at radius 3 is 2.57 bits per heavy atom. The first-order valence-electron chi connectivity index (χ1n) is 4.40. The fourth-order valence-electron chi connectivity index (χ4n) is 1.08. The van der Waals surface area contributed by atoms with Crippen molar-refractivity contribution in [2.45, 2.75) is 0 Å². The molecule has 1 heterocycles. The van der Waals surface area contributed by atoms with E-state index in [9.17, 15) is 0 Å². The zero-order valence-electron chi connectivity index (χ0n) is 7.63. The Morgan fingerprint density at radius 1 is 1.00 bits per heavy atom. The molecule has 1 aromatic heterocycles. The van der Waals surface area contributed by atoms with E-state index in [1.807, 2.05) is 42.5 Å². The summed E-state index contributed by atoms with van der Waals surface area (Å²) in [5, 5.41) is 0. The van der Waals surface area contributed by atoms with E-state index >= 15 is 0 Å². The molecule has 14 heavy (non-hydrogen) atoms. The first-order chi connectivity index (χ1) is 6.95. The van der Waals surface area contributed by atoms with Crippen LogP contribution >= 0.6 is 0 Å². The van der Waals surface area contributed by atoms with Crippen molar-refractivity contribution in [3.63, 3.8) is 0 Å². The third kappa shape index (κ3) is 2.33. The average Bonchev–Trinajstić information content (AvgIpc) is 2.29.